The van der Waals surface area contributed by atoms with Gasteiger partial charge in [-0.3, -0.25) is 0 Å². The lowest BCUT2D eigenvalue weighted by atomic mass is 9.87. The van der Waals surface area contributed by atoms with Crippen LogP contribution >= 0.6 is 11.6 Å². The van der Waals surface area contributed by atoms with Gasteiger partial charge < -0.3 is 4.42 Å². The molecule has 0 saturated carbocycles. The van der Waals surface area contributed by atoms with E-state index in [0.717, 1.165) is 5.56 Å². The molecule has 3 rings (SSSR count). The molecule has 0 saturated heterocycles. The van der Waals surface area contributed by atoms with Crippen LogP contribution in [0.2, 0.25) is 5.02 Å². The van der Waals surface area contributed by atoms with E-state index in [0.29, 0.717) is 10.4 Å². The fourth-order valence-electron chi connectivity index (χ4n) is 2.52. The Hall–Kier alpha value is -2.11. The summed E-state index contributed by atoms with van der Waals surface area (Å²) >= 11 is 5.93. The van der Waals surface area contributed by atoms with Crippen LogP contribution in [0.25, 0.3) is 11.0 Å². The summed E-state index contributed by atoms with van der Waals surface area (Å²) < 4.78 is 30.8. The molecule has 0 atom stereocenters. The zero-order chi connectivity index (χ0) is 18.4. The Morgan fingerprint density at radius 1 is 0.960 bits per heavy atom. The van der Waals surface area contributed by atoms with Crippen LogP contribution in [0.3, 0.4) is 0 Å². The predicted octanol–water partition coefficient (Wildman–Crippen LogP) is 4.58. The van der Waals surface area contributed by atoms with Crippen molar-refractivity contribution >= 4 is 32.4 Å². The Bertz CT molecular complexity index is 1100. The van der Waals surface area contributed by atoms with Gasteiger partial charge in [0.2, 0.25) is 9.84 Å². The van der Waals surface area contributed by atoms with E-state index in [2.05, 4.69) is 0 Å². The van der Waals surface area contributed by atoms with E-state index in [9.17, 15) is 13.2 Å². The van der Waals surface area contributed by atoms with Crippen LogP contribution in [0.5, 0.6) is 0 Å². The molecule has 0 aliphatic heterocycles. The van der Waals surface area contributed by atoms with Gasteiger partial charge in [0.1, 0.15) is 5.58 Å². The molecule has 0 aliphatic rings. The molecule has 25 heavy (non-hydrogen) atoms. The van der Waals surface area contributed by atoms with Crippen LogP contribution in [0.15, 0.2) is 67.5 Å². The maximum Gasteiger partial charge on any atom is 0.355 e. The van der Waals surface area contributed by atoms with E-state index >= 15 is 0 Å². The normalized spacial score (nSPS) is 12.5. The van der Waals surface area contributed by atoms with Crippen molar-refractivity contribution < 1.29 is 12.8 Å². The van der Waals surface area contributed by atoms with Crippen molar-refractivity contribution in [3.05, 3.63) is 69.5 Å². The summed E-state index contributed by atoms with van der Waals surface area (Å²) in [5, 5.41) is 0.885. The lowest BCUT2D eigenvalue weighted by Crippen LogP contribution is -2.15. The van der Waals surface area contributed by atoms with Gasteiger partial charge in [0.05, 0.1) is 4.90 Å². The third kappa shape index (κ3) is 3.34. The molecular formula is C19H17ClO4S. The molecule has 6 heteroatoms. The Morgan fingerprint density at radius 3 is 2.20 bits per heavy atom. The van der Waals surface area contributed by atoms with Gasteiger partial charge in [-0.25, -0.2) is 13.2 Å². The van der Waals surface area contributed by atoms with E-state index in [4.69, 9.17) is 16.0 Å². The second-order valence-corrected chi connectivity index (χ2v) is 9.21. The van der Waals surface area contributed by atoms with E-state index in [1.54, 1.807) is 24.3 Å². The number of halogens is 1. The zero-order valence-corrected chi connectivity index (χ0v) is 15.6. The molecular weight excluding hydrogens is 360 g/mol. The second kappa shape index (κ2) is 6.00. The number of fused-ring (bicyclic) bond motifs is 1. The van der Waals surface area contributed by atoms with Crippen LogP contribution < -0.4 is 5.63 Å². The lowest BCUT2D eigenvalue weighted by Gasteiger charge is -2.19. The summed E-state index contributed by atoms with van der Waals surface area (Å²) in [6.07, 6.45) is 0. The Labute approximate surface area is 151 Å². The van der Waals surface area contributed by atoms with E-state index in [1.807, 2.05) is 20.8 Å². The second-order valence-electron chi connectivity index (χ2n) is 6.86. The van der Waals surface area contributed by atoms with Crippen LogP contribution in [0.4, 0.5) is 0 Å². The Kier molecular flexibility index (Phi) is 4.25. The molecule has 0 amide bonds. The fourth-order valence-corrected chi connectivity index (χ4v) is 4.00. The zero-order valence-electron chi connectivity index (χ0n) is 14.0. The number of sulfone groups is 1. The highest BCUT2D eigenvalue weighted by molar-refractivity contribution is 7.91. The molecule has 0 unspecified atom stereocenters. The quantitative estimate of drug-likeness (QED) is 0.614. The lowest BCUT2D eigenvalue weighted by molar-refractivity contribution is 0.532. The topological polar surface area (TPSA) is 64.3 Å². The van der Waals surface area contributed by atoms with Crippen molar-refractivity contribution in [1.29, 1.82) is 0 Å². The predicted molar refractivity (Wildman–Crippen MR) is 98.1 cm³/mol. The van der Waals surface area contributed by atoms with Gasteiger partial charge in [-0.2, -0.15) is 0 Å². The van der Waals surface area contributed by atoms with Crippen LogP contribution in [-0.4, -0.2) is 8.42 Å². The van der Waals surface area contributed by atoms with Crippen molar-refractivity contribution in [3.63, 3.8) is 0 Å². The van der Waals surface area contributed by atoms with Crippen molar-refractivity contribution in [3.8, 4) is 0 Å². The van der Waals surface area contributed by atoms with Crippen LogP contribution in [0.1, 0.15) is 26.3 Å². The monoisotopic (exact) mass is 376 g/mol. The van der Waals surface area contributed by atoms with Gasteiger partial charge in [0.15, 0.2) is 4.90 Å². The average molecular weight is 377 g/mol. The number of hydrogen-bond acceptors (Lipinski definition) is 4. The minimum Gasteiger partial charge on any atom is -0.422 e. The smallest absolute Gasteiger partial charge is 0.355 e. The van der Waals surface area contributed by atoms with Crippen molar-refractivity contribution in [1.82, 2.24) is 0 Å². The number of benzene rings is 2. The summed E-state index contributed by atoms with van der Waals surface area (Å²) in [5.41, 5.74) is 0.302. The molecule has 1 heterocycles. The summed E-state index contributed by atoms with van der Waals surface area (Å²) in [6, 6.07) is 12.5. The van der Waals surface area contributed by atoms with Gasteiger partial charge in [-0.05, 0) is 47.4 Å². The molecule has 0 fully saturated rings. The fraction of sp³-hybridized carbons (Fsp3) is 0.211. The van der Waals surface area contributed by atoms with E-state index < -0.39 is 20.4 Å². The number of hydrogen-bond donors (Lipinski definition) is 0. The van der Waals surface area contributed by atoms with Gasteiger partial charge in [0.25, 0.3) is 0 Å². The van der Waals surface area contributed by atoms with Gasteiger partial charge >= 0.3 is 5.63 Å². The summed E-state index contributed by atoms with van der Waals surface area (Å²) in [6.45, 7) is 6.12. The van der Waals surface area contributed by atoms with Gasteiger partial charge in [0, 0.05) is 10.4 Å². The first kappa shape index (κ1) is 17.7. The third-order valence-electron chi connectivity index (χ3n) is 3.98. The van der Waals surface area contributed by atoms with Crippen LogP contribution in [0, 0.1) is 0 Å². The first-order chi connectivity index (χ1) is 11.6. The largest absolute Gasteiger partial charge is 0.422 e. The summed E-state index contributed by atoms with van der Waals surface area (Å²) in [5.74, 6) is 0. The van der Waals surface area contributed by atoms with Gasteiger partial charge in [-0.15, -0.1) is 0 Å². The standard InChI is InChI=1S/C19H17ClO4S/c1-19(2,3)13-4-7-15(8-5-13)25(22,23)17-11-12-10-14(20)6-9-16(12)24-18(17)21/h4-11H,1-3H3. The molecule has 4 nitrogen and oxygen atoms in total. The maximum atomic E-state index is 12.9. The summed E-state index contributed by atoms with van der Waals surface area (Å²) in [7, 11) is -3.99. The Morgan fingerprint density at radius 2 is 1.60 bits per heavy atom. The first-order valence-corrected chi connectivity index (χ1v) is 9.54. The molecule has 0 radical (unpaired) electrons. The molecule has 2 aromatic carbocycles. The minimum atomic E-state index is -3.99. The minimum absolute atomic E-state index is 0.0502. The molecule has 1 aromatic heterocycles. The summed E-state index contributed by atoms with van der Waals surface area (Å²) in [4.78, 5) is 11.8. The molecule has 0 bridgehead atoms. The molecule has 0 aliphatic carbocycles. The highest BCUT2D eigenvalue weighted by atomic mass is 35.5. The number of rotatable bonds is 2. The van der Waals surface area contributed by atoms with Crippen molar-refractivity contribution in [2.24, 2.45) is 0 Å². The van der Waals surface area contributed by atoms with E-state index in [1.165, 1.54) is 24.3 Å². The van der Waals surface area contributed by atoms with Crippen molar-refractivity contribution in [2.45, 2.75) is 36.0 Å². The third-order valence-corrected chi connectivity index (χ3v) is 5.97. The maximum absolute atomic E-state index is 12.9. The highest BCUT2D eigenvalue weighted by Gasteiger charge is 2.24. The average Bonchev–Trinajstić information content (AvgIpc) is 2.54. The molecule has 130 valence electrons. The highest BCUT2D eigenvalue weighted by Crippen LogP contribution is 2.27. The van der Waals surface area contributed by atoms with Crippen molar-refractivity contribution in [2.75, 3.05) is 0 Å². The molecule has 3 aromatic rings. The first-order valence-electron chi connectivity index (χ1n) is 7.68. The van der Waals surface area contributed by atoms with Gasteiger partial charge in [-0.1, -0.05) is 44.5 Å². The van der Waals surface area contributed by atoms with E-state index in [-0.39, 0.29) is 15.9 Å². The molecule has 0 N–H and O–H groups in total. The Balaban J connectivity index is 2.15. The SMILES string of the molecule is CC(C)(C)c1ccc(S(=O)(=O)c2cc3cc(Cl)ccc3oc2=O)cc1. The molecule has 0 spiro atoms. The van der Waals surface area contributed by atoms with Crippen LogP contribution in [-0.2, 0) is 15.3 Å².